The van der Waals surface area contributed by atoms with Crippen molar-refractivity contribution in [2.45, 2.75) is 10.9 Å². The van der Waals surface area contributed by atoms with Crippen molar-refractivity contribution in [3.63, 3.8) is 0 Å². The fraction of sp³-hybridized carbons (Fsp3) is 0.125. The predicted molar refractivity (Wildman–Crippen MR) is 85.5 cm³/mol. The number of hydrogen-bond acceptors (Lipinski definition) is 3. The lowest BCUT2D eigenvalue weighted by atomic mass is 10.1. The normalized spacial score (nSPS) is 12.8. The molecule has 0 spiro atoms. The fourth-order valence-corrected chi connectivity index (χ4v) is 3.14. The molecule has 20 heavy (non-hydrogen) atoms. The van der Waals surface area contributed by atoms with E-state index in [0.717, 1.165) is 21.6 Å². The van der Waals surface area contributed by atoms with Crippen LogP contribution in [-0.2, 0) is 0 Å². The Kier molecular flexibility index (Phi) is 3.74. The van der Waals surface area contributed by atoms with Crippen molar-refractivity contribution in [1.29, 1.82) is 0 Å². The minimum Gasteiger partial charge on any atom is -0.457 e. The third-order valence-corrected chi connectivity index (χ3v) is 4.40. The van der Waals surface area contributed by atoms with Gasteiger partial charge in [-0.3, -0.25) is 0 Å². The molecule has 1 aromatic heterocycles. The molecular weight excluding hydrogens is 290 g/mol. The largest absolute Gasteiger partial charge is 0.457 e. The smallest absolute Gasteiger partial charge is 0.152 e. The van der Waals surface area contributed by atoms with Crippen LogP contribution in [0.25, 0.3) is 11.0 Å². The molecule has 0 aliphatic heterocycles. The second-order valence-corrected chi connectivity index (χ2v) is 5.78. The van der Waals surface area contributed by atoms with Gasteiger partial charge in [0.15, 0.2) is 5.58 Å². The molecular formula is C16H14ClNOS. The zero-order valence-corrected chi connectivity index (χ0v) is 12.5. The van der Waals surface area contributed by atoms with Crippen LogP contribution < -0.4 is 5.73 Å². The van der Waals surface area contributed by atoms with Gasteiger partial charge in [0.2, 0.25) is 0 Å². The van der Waals surface area contributed by atoms with Crippen LogP contribution in [0.5, 0.6) is 0 Å². The molecule has 4 heteroatoms. The first-order chi connectivity index (χ1) is 9.70. The summed E-state index contributed by atoms with van der Waals surface area (Å²) in [5.74, 6) is 0.731. The molecule has 3 rings (SSSR count). The van der Waals surface area contributed by atoms with E-state index in [1.807, 2.05) is 48.7 Å². The molecule has 3 aromatic rings. The molecule has 0 fully saturated rings. The van der Waals surface area contributed by atoms with E-state index in [2.05, 4.69) is 6.07 Å². The van der Waals surface area contributed by atoms with Crippen molar-refractivity contribution < 1.29 is 4.42 Å². The van der Waals surface area contributed by atoms with E-state index < -0.39 is 0 Å². The average molecular weight is 304 g/mol. The van der Waals surface area contributed by atoms with E-state index in [0.29, 0.717) is 10.6 Å². The van der Waals surface area contributed by atoms with Crippen LogP contribution in [0.1, 0.15) is 17.4 Å². The highest BCUT2D eigenvalue weighted by Gasteiger charge is 2.17. The SMILES string of the molecule is CSc1ccccc1C(N)c1cc2cccc(Cl)c2o1. The highest BCUT2D eigenvalue weighted by molar-refractivity contribution is 7.98. The molecule has 0 saturated carbocycles. The summed E-state index contributed by atoms with van der Waals surface area (Å²) < 4.78 is 5.85. The quantitative estimate of drug-likeness (QED) is 0.703. The molecule has 0 saturated heterocycles. The zero-order valence-electron chi connectivity index (χ0n) is 11.0. The molecule has 0 aliphatic rings. The highest BCUT2D eigenvalue weighted by Crippen LogP contribution is 2.33. The summed E-state index contributed by atoms with van der Waals surface area (Å²) in [7, 11) is 0. The number of para-hydroxylation sites is 1. The molecule has 2 N–H and O–H groups in total. The molecule has 1 heterocycles. The molecule has 0 radical (unpaired) electrons. The Morgan fingerprint density at radius 2 is 1.95 bits per heavy atom. The topological polar surface area (TPSA) is 39.2 Å². The molecule has 1 unspecified atom stereocenters. The monoisotopic (exact) mass is 303 g/mol. The van der Waals surface area contributed by atoms with Crippen LogP contribution >= 0.6 is 23.4 Å². The summed E-state index contributed by atoms with van der Waals surface area (Å²) in [6.07, 6.45) is 2.04. The van der Waals surface area contributed by atoms with Gasteiger partial charge in [-0.1, -0.05) is 41.9 Å². The van der Waals surface area contributed by atoms with E-state index in [-0.39, 0.29) is 6.04 Å². The first kappa shape index (κ1) is 13.6. The second kappa shape index (κ2) is 5.52. The first-order valence-electron chi connectivity index (χ1n) is 6.27. The standard InChI is InChI=1S/C16H14ClNOS/c1-20-14-8-3-2-6-11(14)15(18)13-9-10-5-4-7-12(17)16(10)19-13/h2-9,15H,18H2,1H3. The van der Waals surface area contributed by atoms with Crippen molar-refractivity contribution in [3.05, 3.63) is 64.9 Å². The van der Waals surface area contributed by atoms with Crippen molar-refractivity contribution in [3.8, 4) is 0 Å². The average Bonchev–Trinajstić information content (AvgIpc) is 2.92. The van der Waals surface area contributed by atoms with Gasteiger partial charge < -0.3 is 10.2 Å². The van der Waals surface area contributed by atoms with E-state index in [1.165, 1.54) is 0 Å². The zero-order chi connectivity index (χ0) is 14.1. The van der Waals surface area contributed by atoms with Gasteiger partial charge in [-0.15, -0.1) is 11.8 Å². The van der Waals surface area contributed by atoms with Gasteiger partial charge in [-0.25, -0.2) is 0 Å². The maximum absolute atomic E-state index is 6.36. The molecule has 102 valence electrons. The molecule has 0 bridgehead atoms. The molecule has 0 amide bonds. The number of halogens is 1. The lowest BCUT2D eigenvalue weighted by molar-refractivity contribution is 0.523. The molecule has 2 aromatic carbocycles. The Hall–Kier alpha value is -1.42. The van der Waals surface area contributed by atoms with Crippen molar-refractivity contribution in [2.75, 3.05) is 6.26 Å². The maximum atomic E-state index is 6.36. The summed E-state index contributed by atoms with van der Waals surface area (Å²) in [5.41, 5.74) is 8.12. The van der Waals surface area contributed by atoms with Crippen molar-refractivity contribution in [1.82, 2.24) is 0 Å². The van der Waals surface area contributed by atoms with Crippen LogP contribution in [0.4, 0.5) is 0 Å². The van der Waals surface area contributed by atoms with E-state index in [4.69, 9.17) is 21.8 Å². The summed E-state index contributed by atoms with van der Waals surface area (Å²) in [4.78, 5) is 1.16. The van der Waals surface area contributed by atoms with Crippen LogP contribution in [0.15, 0.2) is 57.8 Å². The lowest BCUT2D eigenvalue weighted by Crippen LogP contribution is -2.11. The number of hydrogen-bond donors (Lipinski definition) is 1. The highest BCUT2D eigenvalue weighted by atomic mass is 35.5. The van der Waals surface area contributed by atoms with Gasteiger partial charge in [0.25, 0.3) is 0 Å². The summed E-state index contributed by atoms with van der Waals surface area (Å²) in [6.45, 7) is 0. The van der Waals surface area contributed by atoms with Gasteiger partial charge in [-0.2, -0.15) is 0 Å². The van der Waals surface area contributed by atoms with Gasteiger partial charge in [-0.05, 0) is 30.0 Å². The van der Waals surface area contributed by atoms with Gasteiger partial charge in [0, 0.05) is 10.3 Å². The van der Waals surface area contributed by atoms with Gasteiger partial charge >= 0.3 is 0 Å². The van der Waals surface area contributed by atoms with Crippen molar-refractivity contribution in [2.24, 2.45) is 5.73 Å². The van der Waals surface area contributed by atoms with Crippen LogP contribution in [0.2, 0.25) is 5.02 Å². The number of rotatable bonds is 3. The number of nitrogens with two attached hydrogens (primary N) is 1. The van der Waals surface area contributed by atoms with Gasteiger partial charge in [0.05, 0.1) is 11.1 Å². The van der Waals surface area contributed by atoms with Crippen LogP contribution in [-0.4, -0.2) is 6.26 Å². The van der Waals surface area contributed by atoms with Crippen molar-refractivity contribution >= 4 is 34.3 Å². The van der Waals surface area contributed by atoms with Gasteiger partial charge in [0.1, 0.15) is 5.76 Å². The Labute approximate surface area is 126 Å². The minimum atomic E-state index is -0.290. The number of furan rings is 1. The maximum Gasteiger partial charge on any atom is 0.152 e. The minimum absolute atomic E-state index is 0.290. The third kappa shape index (κ3) is 2.33. The Bertz CT molecular complexity index is 753. The second-order valence-electron chi connectivity index (χ2n) is 4.53. The van der Waals surface area contributed by atoms with Crippen LogP contribution in [0.3, 0.4) is 0 Å². The van der Waals surface area contributed by atoms with E-state index in [1.54, 1.807) is 11.8 Å². The number of benzene rings is 2. The number of thioether (sulfide) groups is 1. The summed E-state index contributed by atoms with van der Waals surface area (Å²) in [5, 5.41) is 1.59. The Morgan fingerprint density at radius 1 is 1.15 bits per heavy atom. The number of fused-ring (bicyclic) bond motifs is 1. The predicted octanol–water partition coefficient (Wildman–Crippen LogP) is 4.86. The van der Waals surface area contributed by atoms with E-state index >= 15 is 0 Å². The fourth-order valence-electron chi connectivity index (χ4n) is 2.28. The molecule has 1 atom stereocenters. The van der Waals surface area contributed by atoms with E-state index in [9.17, 15) is 0 Å². The lowest BCUT2D eigenvalue weighted by Gasteiger charge is -2.12. The summed E-state index contributed by atoms with van der Waals surface area (Å²) in [6, 6.07) is 15.5. The molecule has 2 nitrogen and oxygen atoms in total. The molecule has 0 aliphatic carbocycles. The Morgan fingerprint density at radius 3 is 2.70 bits per heavy atom. The van der Waals surface area contributed by atoms with Crippen LogP contribution in [0, 0.1) is 0 Å². The third-order valence-electron chi connectivity index (χ3n) is 3.30. The summed E-state index contributed by atoms with van der Waals surface area (Å²) >= 11 is 7.82. The first-order valence-corrected chi connectivity index (χ1v) is 7.87. The Balaban J connectivity index is 2.08.